The van der Waals surface area contributed by atoms with Gasteiger partial charge >= 0.3 is 6.03 Å². The molecular weight excluding hydrogens is 318 g/mol. The Morgan fingerprint density at radius 1 is 1.44 bits per heavy atom. The van der Waals surface area contributed by atoms with Gasteiger partial charge in [-0.3, -0.25) is 4.68 Å². The average molecular weight is 345 g/mol. The summed E-state index contributed by atoms with van der Waals surface area (Å²) in [5, 5.41) is 10.2. The Kier molecular flexibility index (Phi) is 5.25. The van der Waals surface area contributed by atoms with Crippen molar-refractivity contribution in [2.75, 3.05) is 18.0 Å². The largest absolute Gasteiger partial charge is 0.367 e. The van der Waals surface area contributed by atoms with Crippen LogP contribution in [0.1, 0.15) is 26.1 Å². The van der Waals surface area contributed by atoms with E-state index in [1.807, 2.05) is 25.6 Å². The molecule has 25 heavy (non-hydrogen) atoms. The average Bonchev–Trinajstić information content (AvgIpc) is 3.26. The van der Waals surface area contributed by atoms with Crippen molar-refractivity contribution in [3.8, 4) is 0 Å². The minimum Gasteiger partial charge on any atom is -0.367 e. The van der Waals surface area contributed by atoms with Gasteiger partial charge in [-0.2, -0.15) is 5.10 Å². The number of aromatic nitrogens is 4. The summed E-state index contributed by atoms with van der Waals surface area (Å²) in [5.41, 5.74) is 1.10. The van der Waals surface area contributed by atoms with E-state index in [4.69, 9.17) is 0 Å². The zero-order valence-electron chi connectivity index (χ0n) is 15.1. The Morgan fingerprint density at radius 3 is 3.00 bits per heavy atom. The Bertz CT molecular complexity index is 705. The van der Waals surface area contributed by atoms with E-state index in [1.165, 1.54) is 0 Å². The zero-order chi connectivity index (χ0) is 17.8. The number of anilines is 1. The van der Waals surface area contributed by atoms with Crippen molar-refractivity contribution >= 4 is 11.7 Å². The highest BCUT2D eigenvalue weighted by molar-refractivity contribution is 5.74. The number of hydrogen-bond acceptors (Lipinski definition) is 4. The highest BCUT2D eigenvalue weighted by atomic mass is 16.2. The Hall–Kier alpha value is -2.51. The summed E-state index contributed by atoms with van der Waals surface area (Å²) in [6.45, 7) is 7.40. The van der Waals surface area contributed by atoms with Gasteiger partial charge in [0, 0.05) is 51.3 Å². The Balaban J connectivity index is 1.45. The van der Waals surface area contributed by atoms with Crippen LogP contribution in [0.3, 0.4) is 0 Å². The van der Waals surface area contributed by atoms with Crippen LogP contribution in [-0.2, 0) is 20.1 Å². The van der Waals surface area contributed by atoms with Crippen molar-refractivity contribution < 1.29 is 4.79 Å². The fraction of sp³-hybridized carbons (Fsp3) is 0.588. The smallest absolute Gasteiger partial charge is 0.315 e. The lowest BCUT2D eigenvalue weighted by molar-refractivity contribution is 0.237. The maximum Gasteiger partial charge on any atom is 0.315 e. The van der Waals surface area contributed by atoms with E-state index in [-0.39, 0.29) is 12.1 Å². The van der Waals surface area contributed by atoms with E-state index >= 15 is 0 Å². The van der Waals surface area contributed by atoms with Crippen LogP contribution in [-0.4, -0.2) is 44.5 Å². The molecule has 1 aliphatic heterocycles. The van der Waals surface area contributed by atoms with Gasteiger partial charge in [0.15, 0.2) is 0 Å². The van der Waals surface area contributed by atoms with E-state index < -0.39 is 0 Å². The number of nitrogens with one attached hydrogen (secondary N) is 2. The fourth-order valence-corrected chi connectivity index (χ4v) is 3.15. The second-order valence-electron chi connectivity index (χ2n) is 7.02. The lowest BCUT2D eigenvalue weighted by atomic mass is 10.2. The number of imidazole rings is 1. The summed E-state index contributed by atoms with van der Waals surface area (Å²) in [6, 6.07) is 0.00717. The number of nitrogens with zero attached hydrogens (tertiary/aromatic N) is 5. The number of rotatable bonds is 6. The standard InChI is InChI=1S/C17H27N7O/c1-13(2)10-24-7-5-18-16(24)9-19-17(25)21-14-4-6-23(11-14)15-8-20-22(3)12-15/h5,7-8,12-14H,4,6,9-11H2,1-3H3,(H2,19,21,25)/t14-/m0/s1. The number of hydrogen-bond donors (Lipinski definition) is 2. The van der Waals surface area contributed by atoms with Crippen LogP contribution < -0.4 is 15.5 Å². The topological polar surface area (TPSA) is 80.0 Å². The molecule has 3 rings (SSSR count). The molecule has 2 amide bonds. The molecule has 1 atom stereocenters. The third-order valence-corrected chi connectivity index (χ3v) is 4.35. The van der Waals surface area contributed by atoms with Crippen LogP contribution in [0.4, 0.5) is 10.5 Å². The summed E-state index contributed by atoms with van der Waals surface area (Å²) in [5.74, 6) is 1.42. The van der Waals surface area contributed by atoms with E-state index in [9.17, 15) is 4.79 Å². The first-order chi connectivity index (χ1) is 12.0. The predicted molar refractivity (Wildman–Crippen MR) is 96.3 cm³/mol. The molecule has 0 saturated carbocycles. The van der Waals surface area contributed by atoms with Gasteiger partial charge in [-0.05, 0) is 12.3 Å². The van der Waals surface area contributed by atoms with Crippen molar-refractivity contribution in [1.29, 1.82) is 0 Å². The summed E-state index contributed by atoms with van der Waals surface area (Å²) in [7, 11) is 1.91. The van der Waals surface area contributed by atoms with Gasteiger partial charge in [-0.25, -0.2) is 9.78 Å². The first-order valence-corrected chi connectivity index (χ1v) is 8.79. The molecule has 8 nitrogen and oxygen atoms in total. The van der Waals surface area contributed by atoms with Crippen LogP contribution in [0, 0.1) is 5.92 Å². The summed E-state index contributed by atoms with van der Waals surface area (Å²) >= 11 is 0. The monoisotopic (exact) mass is 345 g/mol. The summed E-state index contributed by atoms with van der Waals surface area (Å²) < 4.78 is 3.88. The minimum absolute atomic E-state index is 0.142. The molecule has 8 heteroatoms. The molecule has 0 bridgehead atoms. The van der Waals surface area contributed by atoms with Crippen molar-refractivity contribution in [2.24, 2.45) is 13.0 Å². The molecule has 0 spiro atoms. The van der Waals surface area contributed by atoms with E-state index in [0.717, 1.165) is 37.6 Å². The highest BCUT2D eigenvalue weighted by Crippen LogP contribution is 2.19. The van der Waals surface area contributed by atoms with Gasteiger partial charge in [0.05, 0.1) is 18.4 Å². The molecule has 0 aliphatic carbocycles. The lowest BCUT2D eigenvalue weighted by Gasteiger charge is -2.17. The Morgan fingerprint density at radius 2 is 2.28 bits per heavy atom. The third-order valence-electron chi connectivity index (χ3n) is 4.35. The minimum atomic E-state index is -0.142. The normalized spacial score (nSPS) is 17.3. The maximum absolute atomic E-state index is 12.2. The molecular formula is C17H27N7O. The molecule has 0 aromatic carbocycles. The predicted octanol–water partition coefficient (Wildman–Crippen LogP) is 1.35. The number of urea groups is 1. The molecule has 2 N–H and O–H groups in total. The van der Waals surface area contributed by atoms with Crippen LogP contribution in [0.15, 0.2) is 24.8 Å². The van der Waals surface area contributed by atoms with Crippen molar-refractivity contribution in [1.82, 2.24) is 30.0 Å². The molecule has 136 valence electrons. The summed E-state index contributed by atoms with van der Waals surface area (Å²) in [4.78, 5) is 18.8. The van der Waals surface area contributed by atoms with E-state index in [0.29, 0.717) is 12.5 Å². The van der Waals surface area contributed by atoms with Gasteiger partial charge in [-0.1, -0.05) is 13.8 Å². The van der Waals surface area contributed by atoms with E-state index in [1.54, 1.807) is 10.9 Å². The van der Waals surface area contributed by atoms with Crippen molar-refractivity contribution in [3.63, 3.8) is 0 Å². The summed E-state index contributed by atoms with van der Waals surface area (Å²) in [6.07, 6.45) is 8.52. The van der Waals surface area contributed by atoms with Gasteiger partial charge in [0.25, 0.3) is 0 Å². The van der Waals surface area contributed by atoms with Gasteiger partial charge in [-0.15, -0.1) is 0 Å². The third kappa shape index (κ3) is 4.52. The number of amides is 2. The maximum atomic E-state index is 12.2. The molecule has 0 unspecified atom stereocenters. The van der Waals surface area contributed by atoms with Crippen LogP contribution in [0.2, 0.25) is 0 Å². The number of aryl methyl sites for hydroxylation is 1. The van der Waals surface area contributed by atoms with Crippen molar-refractivity contribution in [2.45, 2.75) is 39.4 Å². The molecule has 1 saturated heterocycles. The van der Waals surface area contributed by atoms with Crippen molar-refractivity contribution in [3.05, 3.63) is 30.6 Å². The van der Waals surface area contributed by atoms with Crippen LogP contribution in [0.25, 0.3) is 0 Å². The Labute approximate surface area is 148 Å². The number of carbonyl (C=O) groups excluding carboxylic acids is 1. The van der Waals surface area contributed by atoms with Gasteiger partial charge in [0.1, 0.15) is 5.82 Å². The second-order valence-corrected chi connectivity index (χ2v) is 7.02. The number of carbonyl (C=O) groups is 1. The van der Waals surface area contributed by atoms with Gasteiger partial charge in [0.2, 0.25) is 0 Å². The SMILES string of the molecule is CC(C)Cn1ccnc1CNC(=O)N[C@H]1CCN(c2cnn(C)c2)C1. The highest BCUT2D eigenvalue weighted by Gasteiger charge is 2.24. The molecule has 1 fully saturated rings. The fourth-order valence-electron chi connectivity index (χ4n) is 3.15. The molecule has 3 heterocycles. The second kappa shape index (κ2) is 7.58. The first-order valence-electron chi connectivity index (χ1n) is 8.79. The van der Waals surface area contributed by atoms with E-state index in [2.05, 4.69) is 44.0 Å². The van der Waals surface area contributed by atoms with Crippen LogP contribution in [0.5, 0.6) is 0 Å². The zero-order valence-corrected chi connectivity index (χ0v) is 15.1. The van der Waals surface area contributed by atoms with Crippen LogP contribution >= 0.6 is 0 Å². The molecule has 1 aliphatic rings. The lowest BCUT2D eigenvalue weighted by Crippen LogP contribution is -2.43. The van der Waals surface area contributed by atoms with Gasteiger partial charge < -0.3 is 20.1 Å². The quantitative estimate of drug-likeness (QED) is 0.828. The molecule has 0 radical (unpaired) electrons. The first kappa shape index (κ1) is 17.3. The molecule has 2 aromatic heterocycles. The molecule has 2 aromatic rings.